The Morgan fingerprint density at radius 1 is 0.829 bits per heavy atom. The van der Waals surface area contributed by atoms with Crippen molar-refractivity contribution in [1.29, 1.82) is 0 Å². The SMILES string of the molecule is O=C(CCc1cccnc1)Cc1ccc(-n2nc(CC(=O)N3CCCCC3)c3ccccc32)cc1. The lowest BCUT2D eigenvalue weighted by molar-refractivity contribution is -0.131. The fourth-order valence-electron chi connectivity index (χ4n) is 4.76. The van der Waals surface area contributed by atoms with Gasteiger partial charge in [0.1, 0.15) is 5.78 Å². The molecule has 1 amide bonds. The van der Waals surface area contributed by atoms with Gasteiger partial charge in [-0.3, -0.25) is 14.6 Å². The molecule has 2 aromatic carbocycles. The molecule has 35 heavy (non-hydrogen) atoms. The summed E-state index contributed by atoms with van der Waals surface area (Å²) in [6.45, 7) is 1.69. The van der Waals surface area contributed by atoms with Gasteiger partial charge in [-0.1, -0.05) is 36.4 Å². The van der Waals surface area contributed by atoms with Gasteiger partial charge in [-0.25, -0.2) is 4.68 Å². The van der Waals surface area contributed by atoms with Crippen molar-refractivity contribution in [2.45, 2.75) is 44.9 Å². The molecule has 178 valence electrons. The first-order valence-corrected chi connectivity index (χ1v) is 12.4. The molecule has 0 atom stereocenters. The topological polar surface area (TPSA) is 68.1 Å². The Kier molecular flexibility index (Phi) is 6.98. The molecule has 0 saturated carbocycles. The molecule has 6 nitrogen and oxygen atoms in total. The first-order valence-electron chi connectivity index (χ1n) is 12.4. The number of piperidine rings is 1. The Labute approximate surface area is 205 Å². The van der Waals surface area contributed by atoms with E-state index in [1.807, 2.05) is 76.4 Å². The Morgan fingerprint density at radius 2 is 1.63 bits per heavy atom. The maximum atomic E-state index is 12.9. The monoisotopic (exact) mass is 466 g/mol. The average Bonchev–Trinajstić information content (AvgIpc) is 3.27. The number of para-hydroxylation sites is 1. The highest BCUT2D eigenvalue weighted by Gasteiger charge is 2.20. The number of hydrogen-bond donors (Lipinski definition) is 0. The van der Waals surface area contributed by atoms with E-state index in [0.29, 0.717) is 25.7 Å². The number of nitrogens with zero attached hydrogens (tertiary/aromatic N) is 4. The molecular weight excluding hydrogens is 436 g/mol. The second kappa shape index (κ2) is 10.6. The van der Waals surface area contributed by atoms with Crippen LogP contribution in [-0.2, 0) is 28.9 Å². The molecule has 0 bridgehead atoms. The number of aryl methyl sites for hydroxylation is 1. The number of aromatic nitrogens is 3. The summed E-state index contributed by atoms with van der Waals surface area (Å²) >= 11 is 0. The Balaban J connectivity index is 1.29. The molecule has 0 radical (unpaired) electrons. The minimum absolute atomic E-state index is 0.153. The van der Waals surface area contributed by atoms with E-state index in [1.165, 1.54) is 6.42 Å². The summed E-state index contributed by atoms with van der Waals surface area (Å²) < 4.78 is 1.90. The van der Waals surface area contributed by atoms with Gasteiger partial charge in [0.05, 0.1) is 23.3 Å². The van der Waals surface area contributed by atoms with Gasteiger partial charge in [0, 0.05) is 43.7 Å². The summed E-state index contributed by atoms with van der Waals surface area (Å²) in [4.78, 5) is 31.4. The predicted molar refractivity (Wildman–Crippen MR) is 136 cm³/mol. The van der Waals surface area contributed by atoms with Crippen LogP contribution in [0.15, 0.2) is 73.1 Å². The number of Topliss-reactive ketones (excluding diaryl/α,β-unsaturated/α-hetero) is 1. The number of carbonyl (C=O) groups excluding carboxylic acids is 2. The number of carbonyl (C=O) groups is 2. The van der Waals surface area contributed by atoms with Crippen molar-refractivity contribution in [3.63, 3.8) is 0 Å². The maximum absolute atomic E-state index is 12.9. The van der Waals surface area contributed by atoms with Gasteiger partial charge in [0.2, 0.25) is 5.91 Å². The Bertz CT molecular complexity index is 1310. The van der Waals surface area contributed by atoms with Crippen LogP contribution in [0.4, 0.5) is 0 Å². The van der Waals surface area contributed by atoms with Gasteiger partial charge in [-0.2, -0.15) is 5.10 Å². The standard InChI is InChI=1S/C29H30N4O2/c34-25(15-12-23-7-6-16-30-21-23)19-22-10-13-24(14-11-22)33-28-9-3-2-8-26(28)27(31-33)20-29(35)32-17-4-1-5-18-32/h2-3,6-11,13-14,16,21H,1,4-5,12,15,17-20H2. The van der Waals surface area contributed by atoms with E-state index in [-0.39, 0.29) is 11.7 Å². The van der Waals surface area contributed by atoms with Gasteiger partial charge in [-0.05, 0) is 61.1 Å². The number of ketones is 1. The van der Waals surface area contributed by atoms with E-state index in [0.717, 1.165) is 59.3 Å². The fraction of sp³-hybridized carbons (Fsp3) is 0.310. The van der Waals surface area contributed by atoms with Crippen molar-refractivity contribution in [3.8, 4) is 5.69 Å². The molecule has 1 aliphatic heterocycles. The van der Waals surface area contributed by atoms with Gasteiger partial charge in [-0.15, -0.1) is 0 Å². The maximum Gasteiger partial charge on any atom is 0.228 e. The normalized spacial score (nSPS) is 13.8. The largest absolute Gasteiger partial charge is 0.342 e. The van der Waals surface area contributed by atoms with E-state index in [4.69, 9.17) is 5.10 Å². The Hall–Kier alpha value is -3.80. The van der Waals surface area contributed by atoms with Crippen molar-refractivity contribution < 1.29 is 9.59 Å². The highest BCUT2D eigenvalue weighted by molar-refractivity contribution is 5.88. The van der Waals surface area contributed by atoms with Crippen LogP contribution in [-0.4, -0.2) is 44.4 Å². The molecular formula is C29H30N4O2. The Morgan fingerprint density at radius 3 is 2.40 bits per heavy atom. The third kappa shape index (κ3) is 5.48. The van der Waals surface area contributed by atoms with Crippen molar-refractivity contribution >= 4 is 22.6 Å². The summed E-state index contributed by atoms with van der Waals surface area (Å²) in [5.74, 6) is 0.366. The van der Waals surface area contributed by atoms with E-state index < -0.39 is 0 Å². The average molecular weight is 467 g/mol. The zero-order valence-corrected chi connectivity index (χ0v) is 19.9. The van der Waals surface area contributed by atoms with Crippen LogP contribution in [0.2, 0.25) is 0 Å². The summed E-state index contributed by atoms with van der Waals surface area (Å²) in [5, 5.41) is 5.85. The number of likely N-dealkylation sites (tertiary alicyclic amines) is 1. The lowest BCUT2D eigenvalue weighted by Gasteiger charge is -2.26. The lowest BCUT2D eigenvalue weighted by Crippen LogP contribution is -2.36. The minimum atomic E-state index is 0.153. The van der Waals surface area contributed by atoms with Crippen LogP contribution >= 0.6 is 0 Å². The molecule has 1 fully saturated rings. The molecule has 1 saturated heterocycles. The zero-order valence-electron chi connectivity index (χ0n) is 19.9. The van der Waals surface area contributed by atoms with Crippen molar-refractivity contribution in [3.05, 3.63) is 89.9 Å². The molecule has 0 unspecified atom stereocenters. The second-order valence-corrected chi connectivity index (χ2v) is 9.24. The fourth-order valence-corrected chi connectivity index (χ4v) is 4.76. The van der Waals surface area contributed by atoms with Crippen molar-refractivity contribution in [2.24, 2.45) is 0 Å². The lowest BCUT2D eigenvalue weighted by atomic mass is 10.0. The number of pyridine rings is 1. The first-order chi connectivity index (χ1) is 17.2. The highest BCUT2D eigenvalue weighted by Crippen LogP contribution is 2.24. The number of fused-ring (bicyclic) bond motifs is 1. The third-order valence-corrected chi connectivity index (χ3v) is 6.69. The first kappa shape index (κ1) is 23.0. The summed E-state index contributed by atoms with van der Waals surface area (Å²) in [6, 6.07) is 19.9. The molecule has 0 N–H and O–H groups in total. The third-order valence-electron chi connectivity index (χ3n) is 6.69. The van der Waals surface area contributed by atoms with Gasteiger partial charge >= 0.3 is 0 Å². The van der Waals surface area contributed by atoms with Crippen LogP contribution in [0.25, 0.3) is 16.6 Å². The van der Waals surface area contributed by atoms with Crippen molar-refractivity contribution in [2.75, 3.05) is 13.1 Å². The second-order valence-electron chi connectivity index (χ2n) is 9.24. The molecule has 1 aliphatic rings. The minimum Gasteiger partial charge on any atom is -0.342 e. The molecule has 0 aliphatic carbocycles. The van der Waals surface area contributed by atoms with E-state index >= 15 is 0 Å². The summed E-state index contributed by atoms with van der Waals surface area (Å²) in [5.41, 5.74) is 4.78. The van der Waals surface area contributed by atoms with E-state index in [2.05, 4.69) is 4.98 Å². The molecule has 2 aromatic heterocycles. The van der Waals surface area contributed by atoms with Gasteiger partial charge in [0.25, 0.3) is 0 Å². The molecule has 3 heterocycles. The predicted octanol–water partition coefficient (Wildman–Crippen LogP) is 4.72. The smallest absolute Gasteiger partial charge is 0.228 e. The number of rotatable bonds is 8. The highest BCUT2D eigenvalue weighted by atomic mass is 16.2. The van der Waals surface area contributed by atoms with Crippen LogP contribution in [0, 0.1) is 0 Å². The van der Waals surface area contributed by atoms with Gasteiger partial charge < -0.3 is 4.90 Å². The number of benzene rings is 2. The van der Waals surface area contributed by atoms with Crippen LogP contribution < -0.4 is 0 Å². The quantitative estimate of drug-likeness (QED) is 0.377. The number of amides is 1. The molecule has 6 heteroatoms. The number of hydrogen-bond acceptors (Lipinski definition) is 4. The summed E-state index contributed by atoms with van der Waals surface area (Å²) in [6.07, 6.45) is 8.86. The molecule has 0 spiro atoms. The van der Waals surface area contributed by atoms with E-state index in [1.54, 1.807) is 6.20 Å². The van der Waals surface area contributed by atoms with Gasteiger partial charge in [0.15, 0.2) is 0 Å². The molecule has 4 aromatic rings. The summed E-state index contributed by atoms with van der Waals surface area (Å²) in [7, 11) is 0. The van der Waals surface area contributed by atoms with Crippen LogP contribution in [0.3, 0.4) is 0 Å². The molecule has 5 rings (SSSR count). The van der Waals surface area contributed by atoms with Crippen LogP contribution in [0.5, 0.6) is 0 Å². The van der Waals surface area contributed by atoms with E-state index in [9.17, 15) is 9.59 Å². The zero-order chi connectivity index (χ0) is 24.0. The van der Waals surface area contributed by atoms with Crippen molar-refractivity contribution in [1.82, 2.24) is 19.7 Å². The van der Waals surface area contributed by atoms with Crippen LogP contribution in [0.1, 0.15) is 42.5 Å².